The Morgan fingerprint density at radius 3 is 2.69 bits per heavy atom. The van der Waals surface area contributed by atoms with Crippen molar-refractivity contribution in [2.45, 2.75) is 12.2 Å². The zero-order valence-corrected chi connectivity index (χ0v) is 16.1. The zero-order valence-electron chi connectivity index (χ0n) is 16.1. The molecule has 1 saturated carbocycles. The molecule has 5 rings (SSSR count). The molecule has 0 bridgehead atoms. The van der Waals surface area contributed by atoms with Gasteiger partial charge in [-0.15, -0.1) is 0 Å². The fourth-order valence-corrected chi connectivity index (χ4v) is 3.29. The second-order valence-electron chi connectivity index (χ2n) is 7.06. The fourth-order valence-electron chi connectivity index (χ4n) is 3.29. The number of pyridine rings is 2. The van der Waals surface area contributed by atoms with Crippen molar-refractivity contribution in [3.05, 3.63) is 59.8 Å². The average molecular weight is 438 g/mol. The minimum Gasteiger partial charge on any atom is -0.500 e. The van der Waals surface area contributed by atoms with Crippen molar-refractivity contribution >= 4 is 17.6 Å². The summed E-state index contributed by atoms with van der Waals surface area (Å²) in [5, 5.41) is 15.1. The summed E-state index contributed by atoms with van der Waals surface area (Å²) >= 11 is 0. The number of nitriles is 1. The molecule has 9 nitrogen and oxygen atoms in total. The van der Waals surface area contributed by atoms with Gasteiger partial charge < -0.3 is 15.4 Å². The molecule has 0 saturated heterocycles. The van der Waals surface area contributed by atoms with Crippen LogP contribution in [0.5, 0.6) is 0 Å². The van der Waals surface area contributed by atoms with Crippen LogP contribution in [0.15, 0.2) is 48.4 Å². The van der Waals surface area contributed by atoms with Gasteiger partial charge in [-0.3, -0.25) is 0 Å². The molecule has 0 aromatic carbocycles. The third-order valence-electron chi connectivity index (χ3n) is 4.89. The van der Waals surface area contributed by atoms with Crippen molar-refractivity contribution in [3.63, 3.8) is 0 Å². The number of nitrogens with one attached hydrogen (secondary N) is 2. The van der Waals surface area contributed by atoms with E-state index in [1.807, 2.05) is 6.07 Å². The Morgan fingerprint density at radius 2 is 1.94 bits per heavy atom. The average Bonchev–Trinajstić information content (AvgIpc) is 3.18. The predicted octanol–water partition coefficient (Wildman–Crippen LogP) is 3.29. The molecule has 0 spiro atoms. The molecular formula is C20H13F3N8O. The third-order valence-corrected chi connectivity index (χ3v) is 4.89. The van der Waals surface area contributed by atoms with E-state index in [4.69, 9.17) is 10.00 Å². The van der Waals surface area contributed by atoms with Crippen LogP contribution in [0.1, 0.15) is 11.4 Å². The monoisotopic (exact) mass is 438 g/mol. The van der Waals surface area contributed by atoms with Gasteiger partial charge in [-0.25, -0.2) is 9.97 Å². The van der Waals surface area contributed by atoms with Crippen molar-refractivity contribution in [3.8, 4) is 17.6 Å². The van der Waals surface area contributed by atoms with Crippen molar-refractivity contribution in [2.24, 2.45) is 5.92 Å². The van der Waals surface area contributed by atoms with Crippen LogP contribution >= 0.6 is 0 Å². The molecule has 0 amide bonds. The first kappa shape index (κ1) is 19.7. The van der Waals surface area contributed by atoms with E-state index >= 15 is 0 Å². The number of hydrogen-bond donors (Lipinski definition) is 2. The van der Waals surface area contributed by atoms with Crippen molar-refractivity contribution in [1.82, 2.24) is 24.9 Å². The Bertz CT molecular complexity index is 1270. The largest absolute Gasteiger partial charge is 0.500 e. The van der Waals surface area contributed by atoms with E-state index in [0.29, 0.717) is 12.3 Å². The lowest BCUT2D eigenvalue weighted by atomic mass is 10.3. The maximum Gasteiger partial charge on any atom is 0.433 e. The SMILES string of the molecule is N#Cc1cc(Nc2nc(NC3C4=COCC43)nc(-c3cccc(C(F)(F)F)n3)n2)ccn1. The minimum absolute atomic E-state index is 0.00700. The molecule has 160 valence electrons. The molecule has 2 unspecified atom stereocenters. The summed E-state index contributed by atoms with van der Waals surface area (Å²) in [5.41, 5.74) is 0.632. The first-order chi connectivity index (χ1) is 15.4. The molecule has 1 aliphatic carbocycles. The summed E-state index contributed by atoms with van der Waals surface area (Å²) in [7, 11) is 0. The Hall–Kier alpha value is -4.27. The fraction of sp³-hybridized carbons (Fsp3) is 0.200. The topological polar surface area (TPSA) is 122 Å². The first-order valence-electron chi connectivity index (χ1n) is 9.43. The maximum absolute atomic E-state index is 13.1. The van der Waals surface area contributed by atoms with Crippen molar-refractivity contribution < 1.29 is 17.9 Å². The van der Waals surface area contributed by atoms with Crippen LogP contribution in [0, 0.1) is 17.2 Å². The molecule has 3 aromatic rings. The number of aromatic nitrogens is 5. The van der Waals surface area contributed by atoms with Gasteiger partial charge in [0.15, 0.2) is 5.82 Å². The molecule has 32 heavy (non-hydrogen) atoms. The van der Waals surface area contributed by atoms with Crippen molar-refractivity contribution in [2.75, 3.05) is 17.2 Å². The standard InChI is InChI=1S/C20H13F3N8O/c21-20(22,23)15-3-1-2-14(27-15)17-29-18(26-10-4-5-25-11(6-10)7-24)31-19(30-17)28-16-12-8-32-9-13(12)16/h1-6,8,13,16H,9H2,(H2,25,26,28,29,30,31). The molecule has 3 aromatic heterocycles. The number of halogens is 3. The lowest BCUT2D eigenvalue weighted by Gasteiger charge is -2.11. The molecule has 1 aliphatic heterocycles. The number of fused-ring (bicyclic) bond motifs is 1. The summed E-state index contributed by atoms with van der Waals surface area (Å²) in [4.78, 5) is 20.4. The van der Waals surface area contributed by atoms with Gasteiger partial charge in [0.1, 0.15) is 23.2 Å². The van der Waals surface area contributed by atoms with E-state index in [2.05, 4.69) is 35.6 Å². The zero-order chi connectivity index (χ0) is 22.3. The van der Waals surface area contributed by atoms with Gasteiger partial charge >= 0.3 is 6.18 Å². The van der Waals surface area contributed by atoms with Gasteiger partial charge in [-0.2, -0.15) is 33.4 Å². The van der Waals surface area contributed by atoms with E-state index in [0.717, 1.165) is 11.6 Å². The lowest BCUT2D eigenvalue weighted by Crippen LogP contribution is -2.14. The van der Waals surface area contributed by atoms with Crippen LogP contribution in [-0.4, -0.2) is 37.6 Å². The number of ether oxygens (including phenoxy) is 1. The Labute approximate surface area is 179 Å². The third kappa shape index (κ3) is 3.87. The Morgan fingerprint density at radius 1 is 1.09 bits per heavy atom. The van der Waals surface area contributed by atoms with Gasteiger partial charge in [-0.05, 0) is 29.8 Å². The van der Waals surface area contributed by atoms with Gasteiger partial charge in [0, 0.05) is 17.8 Å². The molecule has 2 atom stereocenters. The summed E-state index contributed by atoms with van der Waals surface area (Å²) in [5.74, 6) is 0.424. The molecule has 0 radical (unpaired) electrons. The second kappa shape index (κ2) is 7.45. The van der Waals surface area contributed by atoms with Crippen LogP contribution in [0.25, 0.3) is 11.5 Å². The highest BCUT2D eigenvalue weighted by atomic mass is 19.4. The Balaban J connectivity index is 1.51. The lowest BCUT2D eigenvalue weighted by molar-refractivity contribution is -0.141. The highest BCUT2D eigenvalue weighted by Gasteiger charge is 2.48. The van der Waals surface area contributed by atoms with E-state index in [1.54, 1.807) is 12.3 Å². The van der Waals surface area contributed by atoms with Gasteiger partial charge in [0.25, 0.3) is 0 Å². The van der Waals surface area contributed by atoms with Crippen LogP contribution < -0.4 is 10.6 Å². The molecule has 2 aliphatic rings. The van der Waals surface area contributed by atoms with Crippen LogP contribution in [0.4, 0.5) is 30.8 Å². The molecule has 12 heteroatoms. The minimum atomic E-state index is -4.60. The van der Waals surface area contributed by atoms with Gasteiger partial charge in [0.2, 0.25) is 11.9 Å². The van der Waals surface area contributed by atoms with E-state index in [9.17, 15) is 13.2 Å². The normalized spacial score (nSPS) is 18.8. The van der Waals surface area contributed by atoms with Crippen LogP contribution in [0.2, 0.25) is 0 Å². The van der Waals surface area contributed by atoms with E-state index in [-0.39, 0.29) is 41.1 Å². The highest BCUT2D eigenvalue weighted by molar-refractivity contribution is 5.60. The molecule has 4 heterocycles. The quantitative estimate of drug-likeness (QED) is 0.618. The second-order valence-corrected chi connectivity index (χ2v) is 7.06. The summed E-state index contributed by atoms with van der Waals surface area (Å²) < 4.78 is 44.6. The number of nitrogens with zero attached hydrogens (tertiary/aromatic N) is 6. The number of anilines is 3. The molecule has 2 N–H and O–H groups in total. The summed E-state index contributed by atoms with van der Waals surface area (Å²) in [6.45, 7) is 0.555. The Kier molecular flexibility index (Phi) is 4.58. The van der Waals surface area contributed by atoms with E-state index < -0.39 is 11.9 Å². The molecule has 1 fully saturated rings. The number of hydrogen-bond acceptors (Lipinski definition) is 9. The highest BCUT2D eigenvalue weighted by Crippen LogP contribution is 2.44. The number of alkyl halides is 3. The van der Waals surface area contributed by atoms with Gasteiger partial charge in [0.05, 0.1) is 18.9 Å². The van der Waals surface area contributed by atoms with Crippen LogP contribution in [0.3, 0.4) is 0 Å². The van der Waals surface area contributed by atoms with Crippen LogP contribution in [-0.2, 0) is 10.9 Å². The first-order valence-corrected chi connectivity index (χ1v) is 9.43. The smallest absolute Gasteiger partial charge is 0.433 e. The molecular weight excluding hydrogens is 425 g/mol. The predicted molar refractivity (Wildman–Crippen MR) is 105 cm³/mol. The summed E-state index contributed by atoms with van der Waals surface area (Å²) in [6, 6.07) is 8.52. The number of rotatable bonds is 5. The van der Waals surface area contributed by atoms with E-state index in [1.165, 1.54) is 24.4 Å². The van der Waals surface area contributed by atoms with Crippen molar-refractivity contribution in [1.29, 1.82) is 5.26 Å². The summed E-state index contributed by atoms with van der Waals surface area (Å²) in [6.07, 6.45) is -1.49. The van der Waals surface area contributed by atoms with Gasteiger partial charge in [-0.1, -0.05) is 6.07 Å². The maximum atomic E-state index is 13.1.